The average molecular weight is 573 g/mol. The molecule has 0 unspecified atom stereocenters. The molecular weight excluding hydrogens is 548 g/mol. The second-order valence-corrected chi connectivity index (χ2v) is 12.1. The number of para-hydroxylation sites is 3. The molecule has 0 aliphatic carbocycles. The Hall–Kier alpha value is -6.06. The van der Waals surface area contributed by atoms with Gasteiger partial charge in [0, 0.05) is 43.4 Å². The van der Waals surface area contributed by atoms with Gasteiger partial charge < -0.3 is 13.6 Å². The van der Waals surface area contributed by atoms with Gasteiger partial charge in [-0.25, -0.2) is 0 Å². The van der Waals surface area contributed by atoms with Crippen molar-refractivity contribution in [3.63, 3.8) is 0 Å². The van der Waals surface area contributed by atoms with E-state index < -0.39 is 0 Å². The van der Waals surface area contributed by atoms with Crippen molar-refractivity contribution in [3.05, 3.63) is 146 Å². The minimum absolute atomic E-state index is 0.934. The van der Waals surface area contributed by atoms with Crippen LogP contribution in [-0.2, 0) is 0 Å². The molecule has 11 rings (SSSR count). The largest absolute Gasteiger partial charge is 0.456 e. The van der Waals surface area contributed by atoms with Crippen LogP contribution in [0.2, 0.25) is 0 Å². The maximum atomic E-state index is 6.40. The second-order valence-electron chi connectivity index (χ2n) is 12.1. The third-order valence-electron chi connectivity index (χ3n) is 9.85. The van der Waals surface area contributed by atoms with Crippen LogP contribution >= 0.6 is 0 Å². The van der Waals surface area contributed by atoms with Crippen LogP contribution in [0.1, 0.15) is 0 Å². The summed E-state index contributed by atoms with van der Waals surface area (Å²) in [5.74, 6) is 0. The highest BCUT2D eigenvalue weighted by molar-refractivity contribution is 6.35. The SMILES string of the molecule is c1ccc(-n2c3ccccc3c3ccc4c5ccccc5n(-c5cccc6c7cccc8oc9cccc(c56)c9c87)c4c32)cc1. The molecular formula is C42H24N2O. The first-order valence-corrected chi connectivity index (χ1v) is 15.5. The summed E-state index contributed by atoms with van der Waals surface area (Å²) in [6.45, 7) is 0. The summed E-state index contributed by atoms with van der Waals surface area (Å²) in [4.78, 5) is 0. The van der Waals surface area contributed by atoms with Gasteiger partial charge in [0.25, 0.3) is 0 Å². The average Bonchev–Trinajstić information content (AvgIpc) is 3.76. The first-order chi connectivity index (χ1) is 22.4. The van der Waals surface area contributed by atoms with Gasteiger partial charge in [-0.3, -0.25) is 0 Å². The van der Waals surface area contributed by atoms with E-state index in [1.165, 1.54) is 81.6 Å². The lowest BCUT2D eigenvalue weighted by Crippen LogP contribution is -1.99. The van der Waals surface area contributed by atoms with E-state index in [0.29, 0.717) is 0 Å². The molecule has 45 heavy (non-hydrogen) atoms. The third-order valence-corrected chi connectivity index (χ3v) is 9.85. The van der Waals surface area contributed by atoms with Gasteiger partial charge in [0.1, 0.15) is 11.2 Å². The zero-order valence-electron chi connectivity index (χ0n) is 24.2. The summed E-state index contributed by atoms with van der Waals surface area (Å²) < 4.78 is 11.4. The third kappa shape index (κ3) is 2.86. The van der Waals surface area contributed by atoms with Crippen molar-refractivity contribution in [1.29, 1.82) is 0 Å². The van der Waals surface area contributed by atoms with Crippen molar-refractivity contribution in [3.8, 4) is 11.4 Å². The van der Waals surface area contributed by atoms with Crippen molar-refractivity contribution in [2.45, 2.75) is 0 Å². The smallest absolute Gasteiger partial charge is 0.136 e. The van der Waals surface area contributed by atoms with Gasteiger partial charge in [-0.15, -0.1) is 0 Å². The first-order valence-electron chi connectivity index (χ1n) is 15.5. The van der Waals surface area contributed by atoms with Crippen LogP contribution in [0.3, 0.4) is 0 Å². The van der Waals surface area contributed by atoms with Gasteiger partial charge >= 0.3 is 0 Å². The van der Waals surface area contributed by atoms with Crippen LogP contribution in [0.25, 0.3) is 98.5 Å². The summed E-state index contributed by atoms with van der Waals surface area (Å²) in [6, 6.07) is 52.8. The molecule has 0 bridgehead atoms. The molecule has 0 aliphatic heterocycles. The van der Waals surface area contributed by atoms with Gasteiger partial charge in [-0.1, -0.05) is 103 Å². The Morgan fingerprint density at radius 1 is 0.333 bits per heavy atom. The van der Waals surface area contributed by atoms with Gasteiger partial charge in [-0.05, 0) is 58.6 Å². The molecule has 0 amide bonds. The summed E-state index contributed by atoms with van der Waals surface area (Å²) in [5, 5.41) is 12.3. The fraction of sp³-hybridized carbons (Fsp3) is 0. The lowest BCUT2D eigenvalue weighted by Gasteiger charge is -2.16. The van der Waals surface area contributed by atoms with Crippen LogP contribution in [0.5, 0.6) is 0 Å². The maximum absolute atomic E-state index is 6.40. The van der Waals surface area contributed by atoms with E-state index in [2.05, 4.69) is 155 Å². The first kappa shape index (κ1) is 23.4. The molecule has 0 N–H and O–H groups in total. The summed E-state index contributed by atoms with van der Waals surface area (Å²) in [6.07, 6.45) is 0. The molecule has 8 aromatic carbocycles. The van der Waals surface area contributed by atoms with Gasteiger partial charge in [0.2, 0.25) is 0 Å². The molecule has 0 atom stereocenters. The van der Waals surface area contributed by atoms with Gasteiger partial charge in [0.05, 0.1) is 27.8 Å². The van der Waals surface area contributed by atoms with Crippen molar-refractivity contribution in [2.75, 3.05) is 0 Å². The van der Waals surface area contributed by atoms with Crippen LogP contribution in [-0.4, -0.2) is 9.13 Å². The Morgan fingerprint density at radius 3 is 1.56 bits per heavy atom. The predicted octanol–water partition coefficient (Wildman–Crippen LogP) is 11.5. The highest BCUT2D eigenvalue weighted by Crippen LogP contribution is 2.47. The van der Waals surface area contributed by atoms with Crippen molar-refractivity contribution < 1.29 is 4.42 Å². The van der Waals surface area contributed by atoms with E-state index >= 15 is 0 Å². The maximum Gasteiger partial charge on any atom is 0.136 e. The Bertz CT molecular complexity index is 2970. The summed E-state index contributed by atoms with van der Waals surface area (Å²) in [7, 11) is 0. The number of hydrogen-bond donors (Lipinski definition) is 0. The number of benzene rings is 8. The monoisotopic (exact) mass is 572 g/mol. The number of hydrogen-bond acceptors (Lipinski definition) is 1. The van der Waals surface area contributed by atoms with Crippen LogP contribution < -0.4 is 0 Å². The topological polar surface area (TPSA) is 23.0 Å². The molecule has 0 fully saturated rings. The molecule has 3 heterocycles. The zero-order valence-corrected chi connectivity index (χ0v) is 24.2. The van der Waals surface area contributed by atoms with Crippen LogP contribution in [0.15, 0.2) is 150 Å². The Kier molecular flexibility index (Phi) is 4.32. The minimum Gasteiger partial charge on any atom is -0.456 e. The Labute approximate surface area is 257 Å². The molecule has 0 saturated carbocycles. The van der Waals surface area contributed by atoms with E-state index in [1.807, 2.05) is 0 Å². The molecule has 0 radical (unpaired) electrons. The molecule has 11 aromatic rings. The number of fused-ring (bicyclic) bond motifs is 10. The zero-order chi connectivity index (χ0) is 29.2. The van der Waals surface area contributed by atoms with E-state index in [4.69, 9.17) is 4.42 Å². The van der Waals surface area contributed by atoms with Gasteiger partial charge in [0.15, 0.2) is 0 Å². The highest BCUT2D eigenvalue weighted by atomic mass is 16.3. The van der Waals surface area contributed by atoms with Crippen LogP contribution in [0.4, 0.5) is 0 Å². The van der Waals surface area contributed by atoms with Crippen molar-refractivity contribution >= 4 is 87.1 Å². The quantitative estimate of drug-likeness (QED) is 0.189. The molecule has 3 heteroatoms. The number of furan rings is 1. The number of nitrogens with zero attached hydrogens (tertiary/aromatic N) is 2. The standard InChI is InChI=1S/C42H24N2O/c1-2-11-25(12-3-1)43-33-18-6-4-13-26(33)30-23-24-31-27-14-5-7-19-34(27)44(42(31)41(30)43)35-20-8-15-28-29-16-9-21-36-39(29)40-32(38(28)35)17-10-22-37(40)45-36/h1-24H. The molecule has 0 saturated heterocycles. The molecule has 0 aliphatic rings. The van der Waals surface area contributed by atoms with E-state index in [9.17, 15) is 0 Å². The molecule has 3 aromatic heterocycles. The molecule has 208 valence electrons. The Balaban J connectivity index is 1.43. The predicted molar refractivity (Wildman–Crippen MR) is 189 cm³/mol. The van der Waals surface area contributed by atoms with Gasteiger partial charge in [-0.2, -0.15) is 0 Å². The fourth-order valence-electron chi connectivity index (χ4n) is 8.13. The van der Waals surface area contributed by atoms with Crippen LogP contribution in [0, 0.1) is 0 Å². The fourth-order valence-corrected chi connectivity index (χ4v) is 8.13. The minimum atomic E-state index is 0.934. The normalized spacial score (nSPS) is 12.4. The van der Waals surface area contributed by atoms with Crippen molar-refractivity contribution in [1.82, 2.24) is 9.13 Å². The highest BCUT2D eigenvalue weighted by Gasteiger charge is 2.24. The second kappa shape index (κ2) is 8.31. The Morgan fingerprint density at radius 2 is 0.844 bits per heavy atom. The summed E-state index contributed by atoms with van der Waals surface area (Å²) in [5.41, 5.74) is 9.04. The van der Waals surface area contributed by atoms with E-state index in [0.717, 1.165) is 16.9 Å². The molecule has 3 nitrogen and oxygen atoms in total. The molecule has 0 spiro atoms. The van der Waals surface area contributed by atoms with E-state index in [-0.39, 0.29) is 0 Å². The van der Waals surface area contributed by atoms with Crippen molar-refractivity contribution in [2.24, 2.45) is 0 Å². The lowest BCUT2D eigenvalue weighted by atomic mass is 9.93. The number of aromatic nitrogens is 2. The number of rotatable bonds is 2. The summed E-state index contributed by atoms with van der Waals surface area (Å²) >= 11 is 0. The lowest BCUT2D eigenvalue weighted by molar-refractivity contribution is 0.669. The van der Waals surface area contributed by atoms with E-state index in [1.54, 1.807) is 0 Å².